The number of hydrogen-bond donors (Lipinski definition) is 4. The maximum Gasteiger partial charge on any atom is 0.321 e. The summed E-state index contributed by atoms with van der Waals surface area (Å²) in [6.07, 6.45) is 0. The first kappa shape index (κ1) is 21.1. The molecule has 0 aromatic rings. The van der Waals surface area contributed by atoms with Crippen LogP contribution in [0.3, 0.4) is 0 Å². The summed E-state index contributed by atoms with van der Waals surface area (Å²) in [6, 6.07) is -1.06. The number of hydrogen-bond acceptors (Lipinski definition) is 5. The quantitative estimate of drug-likeness (QED) is 0.533. The van der Waals surface area contributed by atoms with Crippen LogP contribution in [0, 0.1) is 0 Å². The van der Waals surface area contributed by atoms with Crippen molar-refractivity contribution in [2.45, 2.75) is 17.7 Å². The van der Waals surface area contributed by atoms with E-state index in [4.69, 9.17) is 21.7 Å². The summed E-state index contributed by atoms with van der Waals surface area (Å²) in [7, 11) is 0. The van der Waals surface area contributed by atoms with E-state index in [1.54, 1.807) is 0 Å². The first-order valence-corrected chi connectivity index (χ1v) is 4.88. The summed E-state index contributed by atoms with van der Waals surface area (Å²) in [5, 5.41) is 17.3. The van der Waals surface area contributed by atoms with E-state index in [0.29, 0.717) is 0 Å². The zero-order chi connectivity index (χ0) is 11.4. The van der Waals surface area contributed by atoms with Crippen molar-refractivity contribution >= 4 is 48.5 Å². The molecule has 0 saturated heterocycles. The second-order valence-corrected chi connectivity index (χ2v) is 4.52. The predicted molar refractivity (Wildman–Crippen MR) is 67.7 cm³/mol. The van der Waals surface area contributed by atoms with Gasteiger partial charge in [-0.2, -0.15) is 0 Å². The van der Waals surface area contributed by atoms with E-state index in [0.717, 1.165) is 11.8 Å². The molecule has 0 fully saturated rings. The smallest absolute Gasteiger partial charge is 0.321 e. The standard InChI is InChI=1S/C7H14N2O4S.2ClH/c1-7(3-8,6(12)13)14-2-4(9)5(10)11;;/h4H,2-3,8-9H2,1H3,(H,10,11)(H,12,13);2*1H/t4-,7-;;/m0../s1. The minimum atomic E-state index is -1.17. The number of carboxylic acid groups (broad SMARTS) is 2. The molecule has 0 radical (unpaired) electrons. The van der Waals surface area contributed by atoms with Gasteiger partial charge in [-0.1, -0.05) is 0 Å². The van der Waals surface area contributed by atoms with Crippen LogP contribution >= 0.6 is 36.6 Å². The van der Waals surface area contributed by atoms with Crippen LogP contribution < -0.4 is 11.5 Å². The molecule has 0 aromatic heterocycles. The Bertz CT molecular complexity index is 244. The summed E-state index contributed by atoms with van der Waals surface area (Å²) < 4.78 is -1.17. The van der Waals surface area contributed by atoms with Crippen LogP contribution in [-0.4, -0.2) is 45.2 Å². The highest BCUT2D eigenvalue weighted by Gasteiger charge is 2.33. The lowest BCUT2D eigenvalue weighted by Crippen LogP contribution is -2.42. The monoisotopic (exact) mass is 294 g/mol. The lowest BCUT2D eigenvalue weighted by molar-refractivity contribution is -0.140. The van der Waals surface area contributed by atoms with Crippen molar-refractivity contribution in [1.82, 2.24) is 0 Å². The van der Waals surface area contributed by atoms with E-state index in [-0.39, 0.29) is 37.1 Å². The van der Waals surface area contributed by atoms with Gasteiger partial charge in [-0.15, -0.1) is 36.6 Å². The highest BCUT2D eigenvalue weighted by molar-refractivity contribution is 8.01. The largest absolute Gasteiger partial charge is 0.480 e. The molecule has 0 heterocycles. The molecule has 0 aliphatic carbocycles. The SMILES string of the molecule is C[C@@](CN)(SC[C@H](N)C(=O)O)C(=O)O.Cl.Cl. The summed E-state index contributed by atoms with van der Waals surface area (Å²) in [6.45, 7) is 1.37. The molecule has 2 atom stereocenters. The maximum atomic E-state index is 10.7. The zero-order valence-electron chi connectivity index (χ0n) is 8.58. The Morgan fingerprint density at radius 1 is 1.38 bits per heavy atom. The van der Waals surface area contributed by atoms with Gasteiger partial charge >= 0.3 is 11.9 Å². The number of halogens is 2. The van der Waals surface area contributed by atoms with Gasteiger partial charge in [-0.05, 0) is 6.92 Å². The second kappa shape index (κ2) is 8.89. The number of aliphatic carboxylic acids is 2. The van der Waals surface area contributed by atoms with Crippen molar-refractivity contribution < 1.29 is 19.8 Å². The molecular weight excluding hydrogens is 279 g/mol. The Morgan fingerprint density at radius 3 is 2.06 bits per heavy atom. The molecule has 0 aromatic carbocycles. The van der Waals surface area contributed by atoms with Crippen LogP contribution in [-0.2, 0) is 9.59 Å². The molecule has 0 aliphatic rings. The second-order valence-electron chi connectivity index (χ2n) is 3.00. The van der Waals surface area contributed by atoms with Crippen molar-refractivity contribution in [2.75, 3.05) is 12.3 Å². The van der Waals surface area contributed by atoms with Crippen LogP contribution in [0.4, 0.5) is 0 Å². The molecule has 0 rings (SSSR count). The molecular formula is C7H16Cl2N2O4S. The van der Waals surface area contributed by atoms with Crippen molar-refractivity contribution in [3.63, 3.8) is 0 Å². The van der Waals surface area contributed by atoms with E-state index in [1.165, 1.54) is 6.92 Å². The molecule has 9 heteroatoms. The molecule has 0 spiro atoms. The third-order valence-electron chi connectivity index (χ3n) is 1.74. The molecule has 0 bridgehead atoms. The average Bonchev–Trinajstić information content (AvgIpc) is 2.12. The van der Waals surface area contributed by atoms with Crippen molar-refractivity contribution in [1.29, 1.82) is 0 Å². The van der Waals surface area contributed by atoms with E-state index < -0.39 is 22.7 Å². The van der Waals surface area contributed by atoms with Crippen LogP contribution in [0.1, 0.15) is 6.92 Å². The zero-order valence-corrected chi connectivity index (χ0v) is 11.0. The van der Waals surface area contributed by atoms with Crippen LogP contribution in [0.5, 0.6) is 0 Å². The van der Waals surface area contributed by atoms with Gasteiger partial charge in [0.15, 0.2) is 0 Å². The topological polar surface area (TPSA) is 127 Å². The normalized spacial score (nSPS) is 14.9. The highest BCUT2D eigenvalue weighted by Crippen LogP contribution is 2.24. The Morgan fingerprint density at radius 2 is 1.81 bits per heavy atom. The Labute approximate surface area is 110 Å². The minimum Gasteiger partial charge on any atom is -0.480 e. The third kappa shape index (κ3) is 6.39. The molecule has 0 saturated carbocycles. The van der Waals surface area contributed by atoms with Crippen LogP contribution in [0.25, 0.3) is 0 Å². The van der Waals surface area contributed by atoms with E-state index in [2.05, 4.69) is 0 Å². The summed E-state index contributed by atoms with van der Waals surface area (Å²) >= 11 is 0.938. The molecule has 6 nitrogen and oxygen atoms in total. The maximum absolute atomic E-state index is 10.7. The number of carboxylic acids is 2. The van der Waals surface area contributed by atoms with Crippen LogP contribution in [0.15, 0.2) is 0 Å². The van der Waals surface area contributed by atoms with Crippen molar-refractivity contribution in [3.05, 3.63) is 0 Å². The first-order chi connectivity index (χ1) is 6.33. The van der Waals surface area contributed by atoms with E-state index >= 15 is 0 Å². The number of nitrogens with two attached hydrogens (primary N) is 2. The van der Waals surface area contributed by atoms with Gasteiger partial charge in [0.05, 0.1) is 0 Å². The van der Waals surface area contributed by atoms with Gasteiger partial charge in [0.1, 0.15) is 10.8 Å². The minimum absolute atomic E-state index is 0. The first-order valence-electron chi connectivity index (χ1n) is 3.89. The van der Waals surface area contributed by atoms with Gasteiger partial charge < -0.3 is 21.7 Å². The number of thioether (sulfide) groups is 1. The summed E-state index contributed by atoms with van der Waals surface area (Å²) in [5.74, 6) is -2.19. The summed E-state index contributed by atoms with van der Waals surface area (Å²) in [4.78, 5) is 21.1. The van der Waals surface area contributed by atoms with Gasteiger partial charge in [0.2, 0.25) is 0 Å². The highest BCUT2D eigenvalue weighted by atomic mass is 35.5. The number of carbonyl (C=O) groups is 2. The molecule has 0 unspecified atom stereocenters. The number of rotatable bonds is 6. The average molecular weight is 295 g/mol. The molecule has 0 aliphatic heterocycles. The van der Waals surface area contributed by atoms with Gasteiger partial charge in [0.25, 0.3) is 0 Å². The van der Waals surface area contributed by atoms with Gasteiger partial charge in [-0.25, -0.2) is 0 Å². The Balaban J connectivity index is -0.000000845. The van der Waals surface area contributed by atoms with Gasteiger partial charge in [0, 0.05) is 12.3 Å². The fraction of sp³-hybridized carbons (Fsp3) is 0.714. The van der Waals surface area contributed by atoms with Crippen molar-refractivity contribution in [2.24, 2.45) is 11.5 Å². The Kier molecular flexibility index (Phi) is 11.7. The fourth-order valence-electron chi connectivity index (χ4n) is 0.553. The van der Waals surface area contributed by atoms with E-state index in [1.807, 2.05) is 0 Å². The predicted octanol–water partition coefficient (Wildman–Crippen LogP) is -0.223. The molecule has 0 amide bonds. The molecule has 98 valence electrons. The van der Waals surface area contributed by atoms with Gasteiger partial charge in [-0.3, -0.25) is 9.59 Å². The molecule has 16 heavy (non-hydrogen) atoms. The fourth-order valence-corrected chi connectivity index (χ4v) is 1.48. The Hall–Kier alpha value is -0.210. The third-order valence-corrected chi connectivity index (χ3v) is 3.24. The van der Waals surface area contributed by atoms with E-state index in [9.17, 15) is 9.59 Å². The molecule has 6 N–H and O–H groups in total. The lowest BCUT2D eigenvalue weighted by atomic mass is 10.2. The van der Waals surface area contributed by atoms with Crippen LogP contribution in [0.2, 0.25) is 0 Å². The lowest BCUT2D eigenvalue weighted by Gasteiger charge is -2.22. The van der Waals surface area contributed by atoms with Crippen molar-refractivity contribution in [3.8, 4) is 0 Å². The summed E-state index contributed by atoms with van der Waals surface area (Å²) in [5.41, 5.74) is 10.5.